The van der Waals surface area contributed by atoms with Crippen LogP contribution in [0.2, 0.25) is 0 Å². The third-order valence-corrected chi connectivity index (χ3v) is 2.72. The summed E-state index contributed by atoms with van der Waals surface area (Å²) >= 11 is 5.48. The molecule has 0 aromatic heterocycles. The van der Waals surface area contributed by atoms with E-state index in [4.69, 9.17) is 5.73 Å². The first-order valence-electron chi connectivity index (χ1n) is 3.08. The predicted molar refractivity (Wildman–Crippen MR) is 50.3 cm³/mol. The summed E-state index contributed by atoms with van der Waals surface area (Å²) < 4.78 is 25.4. The molecule has 0 heterocycles. The van der Waals surface area contributed by atoms with Crippen molar-refractivity contribution in [1.29, 1.82) is 0 Å². The fourth-order valence-electron chi connectivity index (χ4n) is 0.752. The molecule has 0 radical (unpaired) electrons. The van der Waals surface area contributed by atoms with Gasteiger partial charge in [0.15, 0.2) is 11.6 Å². The third-order valence-electron chi connectivity index (χ3n) is 1.37. The van der Waals surface area contributed by atoms with Crippen molar-refractivity contribution in [2.75, 3.05) is 0 Å². The van der Waals surface area contributed by atoms with Crippen LogP contribution in [0.15, 0.2) is 15.0 Å². The second-order valence-electron chi connectivity index (χ2n) is 2.21. The molecule has 1 aromatic rings. The van der Waals surface area contributed by atoms with Crippen molar-refractivity contribution in [2.45, 2.75) is 0 Å². The molecule has 0 atom stereocenters. The summed E-state index contributed by atoms with van der Waals surface area (Å²) in [5.74, 6) is -3.02. The average Bonchev–Trinajstić information content (AvgIpc) is 2.07. The van der Waals surface area contributed by atoms with Gasteiger partial charge < -0.3 is 5.73 Å². The van der Waals surface area contributed by atoms with Crippen LogP contribution >= 0.6 is 31.9 Å². The SMILES string of the molecule is NC(=O)c1cc(Br)c(F)c(F)c1Br. The zero-order valence-electron chi connectivity index (χ0n) is 6.07. The molecule has 0 aliphatic rings. The van der Waals surface area contributed by atoms with Gasteiger partial charge >= 0.3 is 0 Å². The van der Waals surface area contributed by atoms with Crippen LogP contribution in [0.4, 0.5) is 8.78 Å². The monoisotopic (exact) mass is 313 g/mol. The first-order valence-corrected chi connectivity index (χ1v) is 4.66. The Kier molecular flexibility index (Phi) is 3.02. The number of hydrogen-bond acceptors (Lipinski definition) is 1. The van der Waals surface area contributed by atoms with Crippen LogP contribution in [0.1, 0.15) is 10.4 Å². The number of hydrogen-bond donors (Lipinski definition) is 1. The van der Waals surface area contributed by atoms with Gasteiger partial charge in [-0.05, 0) is 37.9 Å². The Morgan fingerprint density at radius 1 is 1.31 bits per heavy atom. The molecule has 0 aliphatic heterocycles. The Hall–Kier alpha value is -0.490. The molecule has 70 valence electrons. The number of carbonyl (C=O) groups excluding carboxylic acids is 1. The number of carbonyl (C=O) groups is 1. The zero-order valence-corrected chi connectivity index (χ0v) is 9.25. The van der Waals surface area contributed by atoms with E-state index >= 15 is 0 Å². The zero-order chi connectivity index (χ0) is 10.2. The minimum atomic E-state index is -1.14. The summed E-state index contributed by atoms with van der Waals surface area (Å²) in [5.41, 5.74) is 4.82. The van der Waals surface area contributed by atoms with Gasteiger partial charge in [-0.25, -0.2) is 8.78 Å². The summed E-state index contributed by atoms with van der Waals surface area (Å²) in [5, 5.41) is 0. The van der Waals surface area contributed by atoms with E-state index in [0.29, 0.717) is 0 Å². The van der Waals surface area contributed by atoms with E-state index in [1.807, 2.05) is 0 Å². The lowest BCUT2D eigenvalue weighted by atomic mass is 10.2. The fourth-order valence-corrected chi connectivity index (χ4v) is 1.64. The minimum absolute atomic E-state index is 0.106. The third kappa shape index (κ3) is 1.88. The van der Waals surface area contributed by atoms with Crippen molar-refractivity contribution in [3.63, 3.8) is 0 Å². The summed E-state index contributed by atoms with van der Waals surface area (Å²) in [6.07, 6.45) is 0. The topological polar surface area (TPSA) is 43.1 Å². The molecule has 0 unspecified atom stereocenters. The number of rotatable bonds is 1. The molecule has 2 nitrogen and oxygen atoms in total. The highest BCUT2D eigenvalue weighted by Crippen LogP contribution is 2.28. The second kappa shape index (κ2) is 3.71. The van der Waals surface area contributed by atoms with E-state index < -0.39 is 17.5 Å². The lowest BCUT2D eigenvalue weighted by Gasteiger charge is -2.03. The highest BCUT2D eigenvalue weighted by atomic mass is 79.9. The molecule has 0 saturated heterocycles. The van der Waals surface area contributed by atoms with E-state index in [2.05, 4.69) is 31.9 Å². The van der Waals surface area contributed by atoms with Crippen molar-refractivity contribution >= 4 is 37.8 Å². The van der Waals surface area contributed by atoms with Crippen LogP contribution in [-0.4, -0.2) is 5.91 Å². The van der Waals surface area contributed by atoms with Crippen LogP contribution in [0, 0.1) is 11.6 Å². The van der Waals surface area contributed by atoms with Gasteiger partial charge in [0.05, 0.1) is 14.5 Å². The molecular weight excluding hydrogens is 312 g/mol. The number of benzene rings is 1. The predicted octanol–water partition coefficient (Wildman–Crippen LogP) is 2.59. The first kappa shape index (κ1) is 10.6. The van der Waals surface area contributed by atoms with Crippen molar-refractivity contribution in [3.05, 3.63) is 32.2 Å². The maximum Gasteiger partial charge on any atom is 0.249 e. The van der Waals surface area contributed by atoms with Gasteiger partial charge in [0.2, 0.25) is 5.91 Å². The fraction of sp³-hybridized carbons (Fsp3) is 0. The number of halogens is 4. The van der Waals surface area contributed by atoms with E-state index in [-0.39, 0.29) is 14.5 Å². The highest BCUT2D eigenvalue weighted by molar-refractivity contribution is 9.11. The highest BCUT2D eigenvalue weighted by Gasteiger charge is 2.17. The maximum absolute atomic E-state index is 13.0. The molecule has 0 bridgehead atoms. The minimum Gasteiger partial charge on any atom is -0.366 e. The summed E-state index contributed by atoms with van der Waals surface area (Å²) in [4.78, 5) is 10.7. The molecule has 0 fully saturated rings. The van der Waals surface area contributed by atoms with Crippen molar-refractivity contribution in [3.8, 4) is 0 Å². The Labute approximate surface area is 89.4 Å². The quantitative estimate of drug-likeness (QED) is 0.628. The molecule has 0 spiro atoms. The Balaban J connectivity index is 3.50. The number of primary amides is 1. The van der Waals surface area contributed by atoms with Crippen LogP contribution in [0.25, 0.3) is 0 Å². The number of amides is 1. The van der Waals surface area contributed by atoms with Gasteiger partial charge in [0.1, 0.15) is 0 Å². The molecule has 6 heteroatoms. The normalized spacial score (nSPS) is 10.2. The standard InChI is InChI=1S/C7H3Br2F2NO/c8-3-1-2(7(12)13)4(9)6(11)5(3)10/h1H,(H2,12,13). The maximum atomic E-state index is 13.0. The van der Waals surface area contributed by atoms with Gasteiger partial charge in [-0.15, -0.1) is 0 Å². The number of nitrogens with two attached hydrogens (primary N) is 1. The Morgan fingerprint density at radius 2 is 1.85 bits per heavy atom. The van der Waals surface area contributed by atoms with E-state index in [1.54, 1.807) is 0 Å². The first-order chi connectivity index (χ1) is 5.95. The Morgan fingerprint density at radius 3 is 2.31 bits per heavy atom. The van der Waals surface area contributed by atoms with Gasteiger partial charge in [-0.3, -0.25) is 4.79 Å². The van der Waals surface area contributed by atoms with Crippen molar-refractivity contribution < 1.29 is 13.6 Å². The van der Waals surface area contributed by atoms with Gasteiger partial charge in [-0.1, -0.05) is 0 Å². The van der Waals surface area contributed by atoms with Crippen LogP contribution in [0.3, 0.4) is 0 Å². The van der Waals surface area contributed by atoms with Crippen molar-refractivity contribution in [1.82, 2.24) is 0 Å². The van der Waals surface area contributed by atoms with E-state index in [9.17, 15) is 13.6 Å². The van der Waals surface area contributed by atoms with E-state index in [0.717, 1.165) is 6.07 Å². The summed E-state index contributed by atoms with van der Waals surface area (Å²) in [6.45, 7) is 0. The van der Waals surface area contributed by atoms with Gasteiger partial charge in [0.25, 0.3) is 0 Å². The molecule has 0 aliphatic carbocycles. The van der Waals surface area contributed by atoms with E-state index in [1.165, 1.54) is 0 Å². The molecule has 2 N–H and O–H groups in total. The lowest BCUT2D eigenvalue weighted by molar-refractivity contribution is 0.0999. The summed E-state index contributed by atoms with van der Waals surface area (Å²) in [6, 6.07) is 1.12. The Bertz CT molecular complexity index is 381. The molecule has 1 aromatic carbocycles. The average molecular weight is 315 g/mol. The van der Waals surface area contributed by atoms with Crippen LogP contribution in [0.5, 0.6) is 0 Å². The van der Waals surface area contributed by atoms with Crippen LogP contribution in [-0.2, 0) is 0 Å². The van der Waals surface area contributed by atoms with Crippen LogP contribution < -0.4 is 5.73 Å². The molecule has 1 amide bonds. The largest absolute Gasteiger partial charge is 0.366 e. The molecule has 0 saturated carbocycles. The van der Waals surface area contributed by atoms with Gasteiger partial charge in [0, 0.05) is 0 Å². The molecule has 1 rings (SSSR count). The molecular formula is C7H3Br2F2NO. The van der Waals surface area contributed by atoms with Gasteiger partial charge in [-0.2, -0.15) is 0 Å². The lowest BCUT2D eigenvalue weighted by Crippen LogP contribution is -2.13. The smallest absolute Gasteiger partial charge is 0.249 e. The molecule has 13 heavy (non-hydrogen) atoms. The second-order valence-corrected chi connectivity index (χ2v) is 3.86. The summed E-state index contributed by atoms with van der Waals surface area (Å²) in [7, 11) is 0. The van der Waals surface area contributed by atoms with Crippen molar-refractivity contribution in [2.24, 2.45) is 5.73 Å².